The van der Waals surface area contributed by atoms with Gasteiger partial charge in [-0.25, -0.2) is 0 Å². The van der Waals surface area contributed by atoms with Crippen molar-refractivity contribution in [2.24, 2.45) is 0 Å². The quantitative estimate of drug-likeness (QED) is 0.442. The minimum absolute atomic E-state index is 0.0878. The molecule has 1 amide bonds. The molecular weight excluding hydrogens is 456 g/mol. The Morgan fingerprint density at radius 2 is 2.00 bits per heavy atom. The van der Waals surface area contributed by atoms with Gasteiger partial charge in [0.2, 0.25) is 5.91 Å². The van der Waals surface area contributed by atoms with Crippen molar-refractivity contribution >= 4 is 17.2 Å². The van der Waals surface area contributed by atoms with Crippen LogP contribution in [0.1, 0.15) is 40.1 Å². The van der Waals surface area contributed by atoms with E-state index in [9.17, 15) is 9.90 Å². The number of aliphatic hydroxyl groups excluding tert-OH is 1. The second-order valence-corrected chi connectivity index (χ2v) is 10.4. The van der Waals surface area contributed by atoms with E-state index in [0.717, 1.165) is 23.3 Å². The van der Waals surface area contributed by atoms with Gasteiger partial charge in [0.15, 0.2) is 0 Å². The summed E-state index contributed by atoms with van der Waals surface area (Å²) in [6.45, 7) is 8.77. The zero-order chi connectivity index (χ0) is 24.8. The van der Waals surface area contributed by atoms with Crippen LogP contribution in [0.15, 0.2) is 60.0 Å². The van der Waals surface area contributed by atoms with E-state index in [2.05, 4.69) is 37.4 Å². The van der Waals surface area contributed by atoms with Crippen molar-refractivity contribution in [2.75, 3.05) is 32.8 Å². The van der Waals surface area contributed by atoms with Crippen molar-refractivity contribution in [1.82, 2.24) is 9.80 Å². The largest absolute Gasteiger partial charge is 0.491 e. The molecule has 0 aliphatic carbocycles. The van der Waals surface area contributed by atoms with Gasteiger partial charge in [-0.2, -0.15) is 0 Å². The summed E-state index contributed by atoms with van der Waals surface area (Å²) in [6.07, 6.45) is 0.945. The Hall–Kier alpha value is -2.67. The van der Waals surface area contributed by atoms with Crippen LogP contribution in [-0.4, -0.2) is 59.7 Å². The number of ether oxygens (including phenoxy) is 1. The molecule has 1 aliphatic rings. The summed E-state index contributed by atoms with van der Waals surface area (Å²) in [4.78, 5) is 18.9. The van der Waals surface area contributed by atoms with E-state index in [1.54, 1.807) is 11.3 Å². The summed E-state index contributed by atoms with van der Waals surface area (Å²) < 4.78 is 6.26. The van der Waals surface area contributed by atoms with Crippen LogP contribution in [0.5, 0.6) is 5.75 Å². The van der Waals surface area contributed by atoms with E-state index in [4.69, 9.17) is 4.74 Å². The van der Waals surface area contributed by atoms with Crippen molar-refractivity contribution in [1.29, 1.82) is 0 Å². The van der Waals surface area contributed by atoms with Crippen molar-refractivity contribution in [3.63, 3.8) is 0 Å². The van der Waals surface area contributed by atoms with E-state index < -0.39 is 6.10 Å². The van der Waals surface area contributed by atoms with Crippen molar-refractivity contribution in [3.05, 3.63) is 87.1 Å². The lowest BCUT2D eigenvalue weighted by Crippen LogP contribution is -2.47. The number of amides is 1. The number of likely N-dealkylation sites (N-methyl/N-ethyl adjacent to an activating group) is 1. The highest BCUT2D eigenvalue weighted by molar-refractivity contribution is 7.10. The molecule has 0 fully saturated rings. The number of carbonyl (C=O) groups is 1. The van der Waals surface area contributed by atoms with Gasteiger partial charge in [-0.05, 0) is 67.4 Å². The molecule has 5 nitrogen and oxygen atoms in total. The molecule has 2 atom stereocenters. The number of aryl methyl sites for hydroxylation is 2. The monoisotopic (exact) mass is 492 g/mol. The van der Waals surface area contributed by atoms with Crippen LogP contribution >= 0.6 is 11.3 Å². The van der Waals surface area contributed by atoms with Gasteiger partial charge in [0.05, 0.1) is 18.7 Å². The zero-order valence-corrected chi connectivity index (χ0v) is 21.8. The molecule has 2 heterocycles. The molecule has 0 bridgehead atoms. The van der Waals surface area contributed by atoms with Gasteiger partial charge in [-0.15, -0.1) is 11.3 Å². The fourth-order valence-corrected chi connectivity index (χ4v) is 5.77. The van der Waals surface area contributed by atoms with Crippen LogP contribution in [0.2, 0.25) is 0 Å². The highest BCUT2D eigenvalue weighted by atomic mass is 32.1. The molecule has 6 heteroatoms. The molecule has 0 saturated heterocycles. The molecule has 2 unspecified atom stereocenters. The molecular formula is C29H36N2O3S. The first kappa shape index (κ1) is 25.4. The van der Waals surface area contributed by atoms with Gasteiger partial charge in [0.25, 0.3) is 0 Å². The maximum absolute atomic E-state index is 13.5. The lowest BCUT2D eigenvalue weighted by atomic mass is 10.00. The van der Waals surface area contributed by atoms with Crippen LogP contribution in [0, 0.1) is 13.8 Å². The fraction of sp³-hybridized carbons (Fsp3) is 0.414. The van der Waals surface area contributed by atoms with Crippen molar-refractivity contribution in [2.45, 2.75) is 45.8 Å². The number of nitrogens with zero attached hydrogens (tertiary/aromatic N) is 2. The second-order valence-electron chi connectivity index (χ2n) is 9.40. The molecule has 0 saturated carbocycles. The number of hydrogen-bond acceptors (Lipinski definition) is 5. The van der Waals surface area contributed by atoms with Gasteiger partial charge < -0.3 is 14.7 Å². The molecule has 186 valence electrons. The summed E-state index contributed by atoms with van der Waals surface area (Å²) in [7, 11) is 0. The number of thiophene rings is 1. The first-order valence-electron chi connectivity index (χ1n) is 12.4. The predicted octanol–water partition coefficient (Wildman–Crippen LogP) is 4.80. The first-order valence-corrected chi connectivity index (χ1v) is 13.3. The number of fused-ring (bicyclic) bond motifs is 1. The minimum Gasteiger partial charge on any atom is -0.491 e. The normalized spacial score (nSPS) is 16.3. The van der Waals surface area contributed by atoms with Crippen LogP contribution in [-0.2, 0) is 17.6 Å². The molecule has 0 spiro atoms. The Balaban J connectivity index is 1.42. The maximum atomic E-state index is 13.5. The Kier molecular flexibility index (Phi) is 8.60. The third kappa shape index (κ3) is 6.51. The number of benzene rings is 2. The summed E-state index contributed by atoms with van der Waals surface area (Å²) in [6, 6.07) is 18.2. The third-order valence-electron chi connectivity index (χ3n) is 6.73. The van der Waals surface area contributed by atoms with Gasteiger partial charge in [-0.3, -0.25) is 9.69 Å². The summed E-state index contributed by atoms with van der Waals surface area (Å²) >= 11 is 1.76. The van der Waals surface area contributed by atoms with Gasteiger partial charge in [0.1, 0.15) is 12.4 Å². The molecule has 1 N–H and O–H groups in total. The number of rotatable bonds is 10. The van der Waals surface area contributed by atoms with Gasteiger partial charge in [-0.1, -0.05) is 55.0 Å². The Bertz CT molecular complexity index is 1110. The molecule has 4 rings (SSSR count). The lowest BCUT2D eigenvalue weighted by Gasteiger charge is -2.37. The van der Waals surface area contributed by atoms with E-state index in [1.807, 2.05) is 53.1 Å². The zero-order valence-electron chi connectivity index (χ0n) is 20.9. The number of hydrogen-bond donors (Lipinski definition) is 1. The molecule has 35 heavy (non-hydrogen) atoms. The third-order valence-corrected chi connectivity index (χ3v) is 7.73. The average Bonchev–Trinajstić information content (AvgIpc) is 3.32. The Morgan fingerprint density at radius 1 is 1.20 bits per heavy atom. The lowest BCUT2D eigenvalue weighted by molar-refractivity contribution is -0.136. The van der Waals surface area contributed by atoms with Crippen LogP contribution in [0.25, 0.3) is 0 Å². The van der Waals surface area contributed by atoms with Gasteiger partial charge in [0, 0.05) is 18.0 Å². The summed E-state index contributed by atoms with van der Waals surface area (Å²) in [5, 5.41) is 12.8. The average molecular weight is 493 g/mol. The molecule has 1 aromatic heterocycles. The Morgan fingerprint density at radius 3 is 2.74 bits per heavy atom. The van der Waals surface area contributed by atoms with Crippen molar-refractivity contribution < 1.29 is 14.6 Å². The van der Waals surface area contributed by atoms with Crippen LogP contribution in [0.4, 0.5) is 0 Å². The fourth-order valence-electron chi connectivity index (χ4n) is 4.84. The number of carbonyl (C=O) groups excluding carboxylic acids is 1. The predicted molar refractivity (Wildman–Crippen MR) is 142 cm³/mol. The van der Waals surface area contributed by atoms with E-state index in [-0.39, 0.29) is 11.9 Å². The summed E-state index contributed by atoms with van der Waals surface area (Å²) in [5.74, 6) is 0.953. The van der Waals surface area contributed by atoms with Gasteiger partial charge >= 0.3 is 0 Å². The van der Waals surface area contributed by atoms with E-state index >= 15 is 0 Å². The molecule has 2 aromatic carbocycles. The van der Waals surface area contributed by atoms with Crippen LogP contribution in [0.3, 0.4) is 0 Å². The highest BCUT2D eigenvalue weighted by Crippen LogP contribution is 2.34. The minimum atomic E-state index is -0.515. The van der Waals surface area contributed by atoms with Crippen molar-refractivity contribution in [3.8, 4) is 5.75 Å². The second kappa shape index (κ2) is 11.8. The van der Waals surface area contributed by atoms with Crippen LogP contribution < -0.4 is 4.74 Å². The molecule has 3 aromatic rings. The Labute approximate surface area is 213 Å². The smallest absolute Gasteiger partial charge is 0.237 e. The topological polar surface area (TPSA) is 53.0 Å². The molecule has 0 radical (unpaired) electrons. The highest BCUT2D eigenvalue weighted by Gasteiger charge is 2.33. The first-order chi connectivity index (χ1) is 16.9. The SMILES string of the molecule is CCN(CC(=O)N1CCc2sccc2C1COc1ccc(C)cc1C)CC(O)Cc1ccccc1. The van der Waals surface area contributed by atoms with E-state index in [1.165, 1.54) is 16.0 Å². The standard InChI is InChI=1S/C29H36N2O3S/c1-4-30(18-24(32)17-23-8-6-5-7-9-23)19-29(33)31-14-12-28-25(13-15-35-28)26(31)20-34-27-11-10-21(2)16-22(27)3/h5-11,13,15-16,24,26,32H,4,12,14,17-20H2,1-3H3. The summed E-state index contributed by atoms with van der Waals surface area (Å²) in [5.41, 5.74) is 4.62. The number of aliphatic hydroxyl groups is 1. The molecule has 1 aliphatic heterocycles. The maximum Gasteiger partial charge on any atom is 0.237 e. The van der Waals surface area contributed by atoms with E-state index in [0.29, 0.717) is 39.2 Å².